The summed E-state index contributed by atoms with van der Waals surface area (Å²) in [6.07, 6.45) is 2.02. The van der Waals surface area contributed by atoms with E-state index in [0.717, 1.165) is 4.90 Å². The summed E-state index contributed by atoms with van der Waals surface area (Å²) in [5.41, 5.74) is 0. The van der Waals surface area contributed by atoms with Crippen molar-refractivity contribution in [3.05, 3.63) is 18.2 Å². The van der Waals surface area contributed by atoms with Gasteiger partial charge in [-0.15, -0.1) is 11.8 Å². The second-order valence-corrected chi connectivity index (χ2v) is 4.74. The Bertz CT molecular complexity index is 461. The van der Waals surface area contributed by atoms with Crippen LogP contribution in [0, 0.1) is 0 Å². The summed E-state index contributed by atoms with van der Waals surface area (Å²) in [5, 5.41) is 17.5. The van der Waals surface area contributed by atoms with Gasteiger partial charge in [-0.1, -0.05) is 0 Å². The topological polar surface area (TPSA) is 95.7 Å². The van der Waals surface area contributed by atoms with E-state index in [-0.39, 0.29) is 5.75 Å². The Morgan fingerprint density at radius 2 is 2.24 bits per heavy atom. The lowest BCUT2D eigenvalue weighted by Gasteiger charge is -2.23. The van der Waals surface area contributed by atoms with Gasteiger partial charge in [0.05, 0.1) is 0 Å². The summed E-state index contributed by atoms with van der Waals surface area (Å²) < 4.78 is 1.69. The molecular formula is C9H11N3O4S. The van der Waals surface area contributed by atoms with E-state index >= 15 is 0 Å². The van der Waals surface area contributed by atoms with Gasteiger partial charge in [-0.05, 0) is 0 Å². The van der Waals surface area contributed by atoms with Gasteiger partial charge < -0.3 is 14.8 Å². The minimum absolute atomic E-state index is 0.235. The molecule has 2 rings (SSSR count). The van der Waals surface area contributed by atoms with Gasteiger partial charge in [-0.2, -0.15) is 0 Å². The number of hydrogen-bond acceptors (Lipinski definition) is 4. The Morgan fingerprint density at radius 3 is 2.71 bits per heavy atom. The third-order valence-corrected chi connectivity index (χ3v) is 3.85. The molecule has 17 heavy (non-hydrogen) atoms. The van der Waals surface area contributed by atoms with Gasteiger partial charge in [0.15, 0.2) is 0 Å². The molecule has 1 aromatic rings. The number of imidazole rings is 1. The largest absolute Gasteiger partial charge is 0.480 e. The first kappa shape index (κ1) is 11.8. The van der Waals surface area contributed by atoms with Crippen LogP contribution in [0.25, 0.3) is 0 Å². The number of nitrogens with zero attached hydrogens (tertiary/aromatic N) is 3. The maximum Gasteiger partial charge on any atom is 0.409 e. The number of carboxylic acids is 1. The molecule has 0 unspecified atom stereocenters. The van der Waals surface area contributed by atoms with E-state index in [4.69, 9.17) is 10.2 Å². The van der Waals surface area contributed by atoms with Crippen molar-refractivity contribution in [2.24, 2.45) is 7.05 Å². The maximum atomic E-state index is 11.1. The minimum atomic E-state index is -1.24. The quantitative estimate of drug-likeness (QED) is 0.805. The van der Waals surface area contributed by atoms with Crippen LogP contribution in [-0.4, -0.2) is 48.5 Å². The van der Waals surface area contributed by atoms with E-state index in [9.17, 15) is 9.59 Å². The zero-order chi connectivity index (χ0) is 12.6. The third-order valence-electron chi connectivity index (χ3n) is 2.59. The van der Waals surface area contributed by atoms with E-state index in [1.165, 1.54) is 11.8 Å². The molecule has 1 fully saturated rings. The fraction of sp³-hybridized carbons (Fsp3) is 0.444. The summed E-state index contributed by atoms with van der Waals surface area (Å²) in [6.45, 7) is 0. The second-order valence-electron chi connectivity index (χ2n) is 3.63. The molecule has 2 heterocycles. The van der Waals surface area contributed by atoms with Crippen LogP contribution < -0.4 is 0 Å². The SMILES string of the molecule is Cn1ccnc1[C@@H]1SC[C@@H](C(=O)O)N1C(=O)O. The van der Waals surface area contributed by atoms with Gasteiger partial charge >= 0.3 is 12.1 Å². The molecule has 0 bridgehead atoms. The molecule has 1 aliphatic heterocycles. The number of aryl methyl sites for hydroxylation is 1. The van der Waals surface area contributed by atoms with Gasteiger partial charge in [0, 0.05) is 25.2 Å². The first-order chi connectivity index (χ1) is 8.02. The van der Waals surface area contributed by atoms with Crippen molar-refractivity contribution in [3.8, 4) is 0 Å². The van der Waals surface area contributed by atoms with Gasteiger partial charge in [0.1, 0.15) is 17.2 Å². The molecule has 1 saturated heterocycles. The van der Waals surface area contributed by atoms with E-state index in [0.29, 0.717) is 5.82 Å². The average molecular weight is 257 g/mol. The summed E-state index contributed by atoms with van der Waals surface area (Å²) in [6, 6.07) is -1.01. The highest BCUT2D eigenvalue weighted by molar-refractivity contribution is 7.99. The Morgan fingerprint density at radius 1 is 1.53 bits per heavy atom. The zero-order valence-corrected chi connectivity index (χ0v) is 9.79. The van der Waals surface area contributed by atoms with Crippen LogP contribution >= 0.6 is 11.8 Å². The highest BCUT2D eigenvalue weighted by Gasteiger charge is 2.44. The fourth-order valence-corrected chi connectivity index (χ4v) is 3.19. The van der Waals surface area contributed by atoms with Crippen molar-refractivity contribution in [2.75, 3.05) is 5.75 Å². The predicted molar refractivity (Wildman–Crippen MR) is 59.7 cm³/mol. The predicted octanol–water partition coefficient (Wildman–Crippen LogP) is 0.599. The lowest BCUT2D eigenvalue weighted by molar-refractivity contribution is -0.141. The normalized spacial score (nSPS) is 23.9. The van der Waals surface area contributed by atoms with Crippen LogP contribution in [0.2, 0.25) is 0 Å². The Labute approximate surface area is 101 Å². The monoisotopic (exact) mass is 257 g/mol. The summed E-state index contributed by atoms with van der Waals surface area (Å²) in [7, 11) is 1.75. The molecule has 0 radical (unpaired) electrons. The van der Waals surface area contributed by atoms with Crippen molar-refractivity contribution in [1.82, 2.24) is 14.5 Å². The smallest absolute Gasteiger partial charge is 0.409 e. The molecule has 1 aromatic heterocycles. The molecule has 0 spiro atoms. The molecule has 0 saturated carbocycles. The Balaban J connectivity index is 2.33. The van der Waals surface area contributed by atoms with Crippen LogP contribution in [0.5, 0.6) is 0 Å². The van der Waals surface area contributed by atoms with E-state index < -0.39 is 23.5 Å². The van der Waals surface area contributed by atoms with Crippen LogP contribution in [0.1, 0.15) is 11.2 Å². The minimum Gasteiger partial charge on any atom is -0.480 e. The van der Waals surface area contributed by atoms with Crippen LogP contribution in [-0.2, 0) is 11.8 Å². The van der Waals surface area contributed by atoms with Crippen molar-refractivity contribution in [3.63, 3.8) is 0 Å². The maximum absolute atomic E-state index is 11.1. The number of hydrogen-bond donors (Lipinski definition) is 2. The van der Waals surface area contributed by atoms with E-state index in [1.807, 2.05) is 0 Å². The summed E-state index contributed by atoms with van der Waals surface area (Å²) in [4.78, 5) is 27.1. The molecule has 2 N–H and O–H groups in total. The van der Waals surface area contributed by atoms with E-state index in [1.54, 1.807) is 24.0 Å². The van der Waals surface area contributed by atoms with Crippen LogP contribution in [0.3, 0.4) is 0 Å². The number of carboxylic acid groups (broad SMARTS) is 2. The molecule has 7 nitrogen and oxygen atoms in total. The van der Waals surface area contributed by atoms with Gasteiger partial charge in [0.2, 0.25) is 0 Å². The number of aromatic nitrogens is 2. The third kappa shape index (κ3) is 1.95. The van der Waals surface area contributed by atoms with Gasteiger partial charge in [-0.25, -0.2) is 14.6 Å². The fourth-order valence-electron chi connectivity index (χ4n) is 1.74. The van der Waals surface area contributed by atoms with Crippen molar-refractivity contribution < 1.29 is 19.8 Å². The first-order valence-corrected chi connectivity index (χ1v) is 5.90. The molecule has 1 amide bonds. The van der Waals surface area contributed by atoms with Crippen molar-refractivity contribution in [1.29, 1.82) is 0 Å². The zero-order valence-electron chi connectivity index (χ0n) is 8.98. The highest BCUT2D eigenvalue weighted by Crippen LogP contribution is 2.40. The Hall–Kier alpha value is -1.70. The highest BCUT2D eigenvalue weighted by atomic mass is 32.2. The van der Waals surface area contributed by atoms with Gasteiger partial charge in [0.25, 0.3) is 0 Å². The van der Waals surface area contributed by atoms with E-state index in [2.05, 4.69) is 4.98 Å². The molecule has 92 valence electrons. The molecule has 1 aliphatic rings. The lowest BCUT2D eigenvalue weighted by atomic mass is 10.3. The summed E-state index contributed by atoms with van der Waals surface area (Å²) >= 11 is 1.27. The first-order valence-electron chi connectivity index (χ1n) is 4.85. The lowest BCUT2D eigenvalue weighted by Crippen LogP contribution is -2.42. The number of amides is 1. The average Bonchev–Trinajstić information content (AvgIpc) is 2.82. The second kappa shape index (κ2) is 4.28. The van der Waals surface area contributed by atoms with Crippen LogP contribution in [0.4, 0.5) is 4.79 Å². The van der Waals surface area contributed by atoms with Crippen molar-refractivity contribution in [2.45, 2.75) is 11.4 Å². The standard InChI is InChI=1S/C9H11N3O4S/c1-11-3-2-10-6(11)7-12(9(15)16)5(4-17-7)8(13)14/h2-3,5,7H,4H2,1H3,(H,13,14)(H,15,16)/t5-,7-/m0/s1. The molecule has 8 heteroatoms. The number of rotatable bonds is 2. The van der Waals surface area contributed by atoms with Gasteiger partial charge in [-0.3, -0.25) is 4.90 Å². The Kier molecular flexibility index (Phi) is 2.97. The number of thioether (sulfide) groups is 1. The number of aliphatic carboxylic acids is 1. The molecule has 0 aromatic carbocycles. The van der Waals surface area contributed by atoms with Crippen molar-refractivity contribution >= 4 is 23.8 Å². The molecule has 2 atom stereocenters. The molecule has 0 aliphatic carbocycles. The van der Waals surface area contributed by atoms with Crippen LogP contribution in [0.15, 0.2) is 12.4 Å². The number of carbonyl (C=O) groups is 2. The summed E-state index contributed by atoms with van der Waals surface area (Å²) in [5.74, 6) is -0.350. The molecular weight excluding hydrogens is 246 g/mol.